The second kappa shape index (κ2) is 11.7. The molecule has 0 aromatic heterocycles. The number of hydrogen-bond acceptors (Lipinski definition) is 6. The molecule has 1 aliphatic rings. The van der Waals surface area contributed by atoms with Gasteiger partial charge in [0.05, 0.1) is 12.8 Å². The van der Waals surface area contributed by atoms with Crippen LogP contribution in [0, 0.1) is 6.92 Å². The molecule has 0 unspecified atom stereocenters. The summed E-state index contributed by atoms with van der Waals surface area (Å²) in [6.07, 6.45) is 0.000427. The van der Waals surface area contributed by atoms with E-state index in [4.69, 9.17) is 14.3 Å². The molecule has 0 aliphatic carbocycles. The average Bonchev–Trinajstić information content (AvgIpc) is 3.32. The largest absolute Gasteiger partial charge is 0.497 e. The van der Waals surface area contributed by atoms with Crippen LogP contribution in [0.1, 0.15) is 23.1 Å². The normalized spacial score (nSPS) is 16.1. The lowest BCUT2D eigenvalue weighted by Crippen LogP contribution is -2.39. The van der Waals surface area contributed by atoms with Gasteiger partial charge in [-0.3, -0.25) is 4.90 Å². The fourth-order valence-electron chi connectivity index (χ4n) is 4.10. The minimum Gasteiger partial charge on any atom is -0.497 e. The van der Waals surface area contributed by atoms with Crippen LogP contribution in [0.2, 0.25) is 0 Å². The number of oxime groups is 1. The highest BCUT2D eigenvalue weighted by Crippen LogP contribution is 2.21. The predicted molar refractivity (Wildman–Crippen MR) is 133 cm³/mol. The smallest absolute Gasteiger partial charge is 0.145 e. The molecule has 6 heteroatoms. The van der Waals surface area contributed by atoms with E-state index in [9.17, 15) is 5.11 Å². The van der Waals surface area contributed by atoms with Gasteiger partial charge in [-0.15, -0.1) is 0 Å². The Morgan fingerprint density at radius 2 is 1.85 bits per heavy atom. The van der Waals surface area contributed by atoms with Crippen LogP contribution < -0.4 is 9.47 Å². The van der Waals surface area contributed by atoms with Crippen molar-refractivity contribution in [1.29, 1.82) is 0 Å². The molecule has 6 nitrogen and oxygen atoms in total. The van der Waals surface area contributed by atoms with Crippen LogP contribution in [0.3, 0.4) is 0 Å². The second-order valence-electron chi connectivity index (χ2n) is 8.61. The van der Waals surface area contributed by atoms with Crippen molar-refractivity contribution in [2.75, 3.05) is 26.8 Å². The maximum absolute atomic E-state index is 10.8. The van der Waals surface area contributed by atoms with E-state index in [-0.39, 0.29) is 12.7 Å². The van der Waals surface area contributed by atoms with E-state index in [1.165, 1.54) is 0 Å². The summed E-state index contributed by atoms with van der Waals surface area (Å²) in [4.78, 5) is 7.96. The number of methoxy groups -OCH3 is 1. The van der Waals surface area contributed by atoms with Crippen molar-refractivity contribution >= 4 is 5.71 Å². The standard InChI is InChI=1S/C28H32N2O4/c1-21-9-6-7-14-28(21)33-20-24(31)18-30(17-22-10-8-13-25(15-22)32-2)19-26-16-27(29-34-26)23-11-4-3-5-12-23/h3-15,24,26,31H,16-20H2,1-2H3/t24-,26+/m1/s1. The lowest BCUT2D eigenvalue weighted by Gasteiger charge is -2.27. The van der Waals surface area contributed by atoms with Gasteiger partial charge in [0.1, 0.15) is 30.3 Å². The molecule has 3 aromatic rings. The maximum atomic E-state index is 10.8. The molecule has 0 amide bonds. The molecule has 0 radical (unpaired) electrons. The zero-order valence-corrected chi connectivity index (χ0v) is 19.8. The first-order chi connectivity index (χ1) is 16.6. The number of rotatable bonds is 11. The Bertz CT molecular complexity index is 1090. The van der Waals surface area contributed by atoms with Gasteiger partial charge in [0.15, 0.2) is 0 Å². The summed E-state index contributed by atoms with van der Waals surface area (Å²) in [6, 6.07) is 25.9. The molecule has 1 N–H and O–H groups in total. The van der Waals surface area contributed by atoms with E-state index in [0.717, 1.165) is 40.3 Å². The maximum Gasteiger partial charge on any atom is 0.145 e. The Morgan fingerprint density at radius 3 is 2.65 bits per heavy atom. The molecule has 0 saturated carbocycles. The third-order valence-electron chi connectivity index (χ3n) is 5.84. The molecule has 2 atom stereocenters. The number of benzene rings is 3. The summed E-state index contributed by atoms with van der Waals surface area (Å²) in [6.45, 7) is 3.95. The predicted octanol–water partition coefficient (Wildman–Crippen LogP) is 4.44. The zero-order chi connectivity index (χ0) is 23.8. The first kappa shape index (κ1) is 23.8. The lowest BCUT2D eigenvalue weighted by atomic mass is 10.0. The van der Waals surface area contributed by atoms with Crippen LogP contribution in [0.4, 0.5) is 0 Å². The van der Waals surface area contributed by atoms with Gasteiger partial charge in [-0.1, -0.05) is 65.8 Å². The Labute approximate surface area is 201 Å². The SMILES string of the molecule is COc1cccc(CN(C[C@@H](O)COc2ccccc2C)C[C@@H]2CC(c3ccccc3)=NO2)c1. The Balaban J connectivity index is 1.39. The Kier molecular flexibility index (Phi) is 8.17. The fourth-order valence-corrected chi connectivity index (χ4v) is 4.10. The first-order valence-electron chi connectivity index (χ1n) is 11.6. The Morgan fingerprint density at radius 1 is 1.06 bits per heavy atom. The second-order valence-corrected chi connectivity index (χ2v) is 8.61. The van der Waals surface area contributed by atoms with Crippen molar-refractivity contribution in [1.82, 2.24) is 4.90 Å². The highest BCUT2D eigenvalue weighted by Gasteiger charge is 2.26. The lowest BCUT2D eigenvalue weighted by molar-refractivity contribution is 0.0212. The molecule has 0 saturated heterocycles. The van der Waals surface area contributed by atoms with Crippen LogP contribution >= 0.6 is 0 Å². The monoisotopic (exact) mass is 460 g/mol. The Hall–Kier alpha value is -3.35. The van der Waals surface area contributed by atoms with Crippen LogP contribution in [0.15, 0.2) is 84.0 Å². The topological polar surface area (TPSA) is 63.5 Å². The van der Waals surface area contributed by atoms with Crippen molar-refractivity contribution in [2.45, 2.75) is 32.1 Å². The summed E-state index contributed by atoms with van der Waals surface area (Å²) < 4.78 is 11.3. The third-order valence-corrected chi connectivity index (χ3v) is 5.84. The van der Waals surface area contributed by atoms with E-state index in [2.05, 4.69) is 16.1 Å². The highest BCUT2D eigenvalue weighted by atomic mass is 16.6. The number of aliphatic hydroxyl groups excluding tert-OH is 1. The van der Waals surface area contributed by atoms with Crippen LogP contribution in [-0.2, 0) is 11.4 Å². The number of aliphatic hydroxyl groups is 1. The third kappa shape index (κ3) is 6.59. The molecule has 4 rings (SSSR count). The molecule has 1 aliphatic heterocycles. The highest BCUT2D eigenvalue weighted by molar-refractivity contribution is 6.01. The summed E-state index contributed by atoms with van der Waals surface area (Å²) in [7, 11) is 1.67. The molecule has 0 bridgehead atoms. The average molecular weight is 461 g/mol. The van der Waals surface area contributed by atoms with Gasteiger partial charge in [0.25, 0.3) is 0 Å². The van der Waals surface area contributed by atoms with Gasteiger partial charge < -0.3 is 19.4 Å². The van der Waals surface area contributed by atoms with Crippen molar-refractivity contribution in [3.05, 3.63) is 95.6 Å². The van der Waals surface area contributed by atoms with Crippen LogP contribution in [0.5, 0.6) is 11.5 Å². The van der Waals surface area contributed by atoms with Gasteiger partial charge in [-0.05, 0) is 41.8 Å². The number of aryl methyl sites for hydroxylation is 1. The number of para-hydroxylation sites is 1. The van der Waals surface area contributed by atoms with Gasteiger partial charge in [-0.2, -0.15) is 0 Å². The van der Waals surface area contributed by atoms with Crippen molar-refractivity contribution < 1.29 is 19.4 Å². The summed E-state index contributed by atoms with van der Waals surface area (Å²) in [5.41, 5.74) is 4.19. The summed E-state index contributed by atoms with van der Waals surface area (Å²) in [5.74, 6) is 1.61. The van der Waals surface area contributed by atoms with Gasteiger partial charge >= 0.3 is 0 Å². The van der Waals surface area contributed by atoms with Crippen molar-refractivity contribution in [2.24, 2.45) is 5.16 Å². The van der Waals surface area contributed by atoms with E-state index >= 15 is 0 Å². The van der Waals surface area contributed by atoms with Crippen LogP contribution in [-0.4, -0.2) is 54.7 Å². The summed E-state index contributed by atoms with van der Waals surface area (Å²) in [5, 5.41) is 15.1. The molecular weight excluding hydrogens is 428 g/mol. The van der Waals surface area contributed by atoms with Crippen molar-refractivity contribution in [3.8, 4) is 11.5 Å². The van der Waals surface area contributed by atoms with E-state index < -0.39 is 6.10 Å². The molecule has 0 spiro atoms. The molecule has 34 heavy (non-hydrogen) atoms. The summed E-state index contributed by atoms with van der Waals surface area (Å²) >= 11 is 0. The molecular formula is C28H32N2O4. The molecule has 178 valence electrons. The van der Waals surface area contributed by atoms with Crippen molar-refractivity contribution in [3.63, 3.8) is 0 Å². The number of ether oxygens (including phenoxy) is 2. The fraction of sp³-hybridized carbons (Fsp3) is 0.321. The van der Waals surface area contributed by atoms with Gasteiger partial charge in [0.2, 0.25) is 0 Å². The number of hydrogen-bond donors (Lipinski definition) is 1. The number of nitrogens with zero attached hydrogens (tertiary/aromatic N) is 2. The van der Waals surface area contributed by atoms with E-state index in [1.54, 1.807) is 7.11 Å². The molecule has 3 aromatic carbocycles. The zero-order valence-electron chi connectivity index (χ0n) is 19.8. The first-order valence-corrected chi connectivity index (χ1v) is 11.6. The van der Waals surface area contributed by atoms with Gasteiger partial charge in [0, 0.05) is 26.1 Å². The minimum absolute atomic E-state index is 0.0784. The quantitative estimate of drug-likeness (QED) is 0.458. The van der Waals surface area contributed by atoms with E-state index in [1.807, 2.05) is 79.7 Å². The van der Waals surface area contributed by atoms with E-state index in [0.29, 0.717) is 19.6 Å². The van der Waals surface area contributed by atoms with Gasteiger partial charge in [-0.25, -0.2) is 0 Å². The van der Waals surface area contributed by atoms with Crippen LogP contribution in [0.25, 0.3) is 0 Å². The minimum atomic E-state index is -0.652. The molecule has 0 fully saturated rings. The molecule has 1 heterocycles.